The van der Waals surface area contributed by atoms with Gasteiger partial charge in [-0.15, -0.1) is 0 Å². The molecule has 2 heteroatoms. The van der Waals surface area contributed by atoms with E-state index in [0.29, 0.717) is 0 Å². The first-order valence-corrected chi connectivity index (χ1v) is 5.87. The number of hydrogen-bond acceptors (Lipinski definition) is 1. The lowest BCUT2D eigenvalue weighted by molar-refractivity contribution is 0.438. The second-order valence-corrected chi connectivity index (χ2v) is 4.44. The number of rotatable bonds is 2. The molecule has 0 radical (unpaired) electrons. The van der Waals surface area contributed by atoms with Gasteiger partial charge in [-0.2, -0.15) is 0 Å². The summed E-state index contributed by atoms with van der Waals surface area (Å²) < 4.78 is 0. The zero-order chi connectivity index (χ0) is 10.5. The zero-order valence-electron chi connectivity index (χ0n) is 8.75. The molecule has 0 unspecified atom stereocenters. The fourth-order valence-electron chi connectivity index (χ4n) is 1.89. The molecule has 0 bridgehead atoms. The molecule has 1 saturated heterocycles. The maximum absolute atomic E-state index is 5.92. The van der Waals surface area contributed by atoms with E-state index in [9.17, 15) is 0 Å². The SMILES string of the molecule is Clc1cccc(C=CC2CCNCC2)c1. The molecule has 80 valence electrons. The van der Waals surface area contributed by atoms with E-state index in [2.05, 4.69) is 23.5 Å². The van der Waals surface area contributed by atoms with Gasteiger partial charge in [-0.25, -0.2) is 0 Å². The third-order valence-corrected chi connectivity index (χ3v) is 3.03. The van der Waals surface area contributed by atoms with Crippen LogP contribution in [-0.2, 0) is 0 Å². The molecule has 1 aromatic rings. The molecule has 0 amide bonds. The molecule has 1 N–H and O–H groups in total. The summed E-state index contributed by atoms with van der Waals surface area (Å²) in [4.78, 5) is 0. The van der Waals surface area contributed by atoms with Crippen LogP contribution in [-0.4, -0.2) is 13.1 Å². The second kappa shape index (κ2) is 5.34. The van der Waals surface area contributed by atoms with E-state index in [1.807, 2.05) is 18.2 Å². The van der Waals surface area contributed by atoms with Crippen molar-refractivity contribution in [3.63, 3.8) is 0 Å². The first-order valence-electron chi connectivity index (χ1n) is 5.49. The van der Waals surface area contributed by atoms with Gasteiger partial charge in [0.2, 0.25) is 0 Å². The third kappa shape index (κ3) is 3.37. The monoisotopic (exact) mass is 221 g/mol. The Kier molecular flexibility index (Phi) is 3.81. The molecule has 0 aliphatic carbocycles. The minimum absolute atomic E-state index is 0.727. The fraction of sp³-hybridized carbons (Fsp3) is 0.385. The van der Waals surface area contributed by atoms with Crippen molar-refractivity contribution in [2.75, 3.05) is 13.1 Å². The van der Waals surface area contributed by atoms with Crippen molar-refractivity contribution >= 4 is 17.7 Å². The van der Waals surface area contributed by atoms with Gasteiger partial charge in [-0.3, -0.25) is 0 Å². The van der Waals surface area contributed by atoms with Crippen LogP contribution in [0.5, 0.6) is 0 Å². The Morgan fingerprint density at radius 3 is 2.80 bits per heavy atom. The van der Waals surface area contributed by atoms with Crippen LogP contribution in [0.25, 0.3) is 6.08 Å². The molecule has 1 aliphatic rings. The summed E-state index contributed by atoms with van der Waals surface area (Å²) in [7, 11) is 0. The van der Waals surface area contributed by atoms with E-state index in [1.165, 1.54) is 18.4 Å². The Bertz CT molecular complexity index is 340. The Morgan fingerprint density at radius 2 is 2.07 bits per heavy atom. The molecule has 0 aromatic heterocycles. The van der Waals surface area contributed by atoms with Crippen LogP contribution in [0.4, 0.5) is 0 Å². The van der Waals surface area contributed by atoms with E-state index >= 15 is 0 Å². The topological polar surface area (TPSA) is 12.0 Å². The number of hydrogen-bond donors (Lipinski definition) is 1. The predicted molar refractivity (Wildman–Crippen MR) is 66.1 cm³/mol. The highest BCUT2D eigenvalue weighted by Crippen LogP contribution is 2.17. The maximum atomic E-state index is 5.92. The molecule has 0 saturated carbocycles. The lowest BCUT2D eigenvalue weighted by Crippen LogP contribution is -2.26. The summed E-state index contributed by atoms with van der Waals surface area (Å²) in [6, 6.07) is 7.98. The van der Waals surface area contributed by atoms with Crippen LogP contribution in [0.2, 0.25) is 5.02 Å². The number of allylic oxidation sites excluding steroid dienone is 1. The molecule has 1 fully saturated rings. The quantitative estimate of drug-likeness (QED) is 0.808. The average molecular weight is 222 g/mol. The maximum Gasteiger partial charge on any atom is 0.0411 e. The molecule has 2 rings (SSSR count). The van der Waals surface area contributed by atoms with Crippen molar-refractivity contribution in [2.45, 2.75) is 12.8 Å². The Morgan fingerprint density at radius 1 is 1.27 bits per heavy atom. The van der Waals surface area contributed by atoms with Crippen LogP contribution < -0.4 is 5.32 Å². The Labute approximate surface area is 96.1 Å². The predicted octanol–water partition coefficient (Wildman–Crippen LogP) is 3.35. The second-order valence-electron chi connectivity index (χ2n) is 4.00. The third-order valence-electron chi connectivity index (χ3n) is 2.79. The highest BCUT2D eigenvalue weighted by molar-refractivity contribution is 6.30. The van der Waals surface area contributed by atoms with Crippen molar-refractivity contribution in [3.05, 3.63) is 40.9 Å². The van der Waals surface area contributed by atoms with Crippen molar-refractivity contribution in [3.8, 4) is 0 Å². The van der Waals surface area contributed by atoms with Gasteiger partial charge in [0, 0.05) is 5.02 Å². The fourth-order valence-corrected chi connectivity index (χ4v) is 2.09. The van der Waals surface area contributed by atoms with Gasteiger partial charge in [0.15, 0.2) is 0 Å². The van der Waals surface area contributed by atoms with Gasteiger partial charge in [0.1, 0.15) is 0 Å². The number of nitrogens with one attached hydrogen (secondary N) is 1. The first-order chi connectivity index (χ1) is 7.34. The van der Waals surface area contributed by atoms with Gasteiger partial charge in [-0.1, -0.05) is 35.9 Å². The van der Waals surface area contributed by atoms with Gasteiger partial charge in [0.05, 0.1) is 0 Å². The first kappa shape index (κ1) is 10.7. The van der Waals surface area contributed by atoms with Gasteiger partial charge < -0.3 is 5.32 Å². The highest BCUT2D eigenvalue weighted by atomic mass is 35.5. The van der Waals surface area contributed by atoms with Crippen molar-refractivity contribution in [2.24, 2.45) is 5.92 Å². The smallest absolute Gasteiger partial charge is 0.0411 e. The number of halogens is 1. The van der Waals surface area contributed by atoms with E-state index in [4.69, 9.17) is 11.6 Å². The largest absolute Gasteiger partial charge is 0.317 e. The minimum Gasteiger partial charge on any atom is -0.317 e. The van der Waals surface area contributed by atoms with Crippen LogP contribution in [0.1, 0.15) is 18.4 Å². The van der Waals surface area contributed by atoms with Gasteiger partial charge in [-0.05, 0) is 49.5 Å². The van der Waals surface area contributed by atoms with Crippen LogP contribution in [0.3, 0.4) is 0 Å². The Balaban J connectivity index is 1.97. The molecule has 0 atom stereocenters. The molecule has 1 aliphatic heterocycles. The summed E-state index contributed by atoms with van der Waals surface area (Å²) in [5.41, 5.74) is 1.20. The zero-order valence-corrected chi connectivity index (χ0v) is 9.50. The highest BCUT2D eigenvalue weighted by Gasteiger charge is 2.08. The molecule has 1 nitrogen and oxygen atoms in total. The Hall–Kier alpha value is -0.790. The number of piperidine rings is 1. The van der Waals surface area contributed by atoms with E-state index in [-0.39, 0.29) is 0 Å². The minimum atomic E-state index is 0.727. The molecule has 15 heavy (non-hydrogen) atoms. The summed E-state index contributed by atoms with van der Waals surface area (Å²) in [6.07, 6.45) is 6.99. The van der Waals surface area contributed by atoms with E-state index in [0.717, 1.165) is 24.0 Å². The van der Waals surface area contributed by atoms with Gasteiger partial charge >= 0.3 is 0 Å². The standard InChI is InChI=1S/C13H16ClN/c14-13-3-1-2-12(10-13)5-4-11-6-8-15-9-7-11/h1-5,10-11,15H,6-9H2. The normalized spacial score (nSPS) is 18.5. The lowest BCUT2D eigenvalue weighted by Gasteiger charge is -2.19. The van der Waals surface area contributed by atoms with Crippen LogP contribution in [0, 0.1) is 5.92 Å². The summed E-state index contributed by atoms with van der Waals surface area (Å²) in [5.74, 6) is 0.727. The molecule has 1 aromatic carbocycles. The van der Waals surface area contributed by atoms with Crippen molar-refractivity contribution in [1.82, 2.24) is 5.32 Å². The van der Waals surface area contributed by atoms with E-state index < -0.39 is 0 Å². The molecule has 1 heterocycles. The summed E-state index contributed by atoms with van der Waals surface area (Å²) >= 11 is 5.92. The van der Waals surface area contributed by atoms with Crippen LogP contribution >= 0.6 is 11.6 Å². The summed E-state index contributed by atoms with van der Waals surface area (Å²) in [6.45, 7) is 2.29. The summed E-state index contributed by atoms with van der Waals surface area (Å²) in [5, 5.41) is 4.17. The number of benzene rings is 1. The average Bonchev–Trinajstić information content (AvgIpc) is 2.28. The van der Waals surface area contributed by atoms with Crippen molar-refractivity contribution < 1.29 is 0 Å². The molecular weight excluding hydrogens is 206 g/mol. The molecular formula is C13H16ClN. The van der Waals surface area contributed by atoms with Gasteiger partial charge in [0.25, 0.3) is 0 Å². The van der Waals surface area contributed by atoms with Crippen LogP contribution in [0.15, 0.2) is 30.3 Å². The molecule has 0 spiro atoms. The van der Waals surface area contributed by atoms with E-state index in [1.54, 1.807) is 0 Å². The lowest BCUT2D eigenvalue weighted by atomic mass is 9.97. The van der Waals surface area contributed by atoms with Crippen molar-refractivity contribution in [1.29, 1.82) is 0 Å².